The SMILES string of the molecule is Fc1ccc(Oc2ccccc2N2CC=CCC2)cc1. The summed E-state index contributed by atoms with van der Waals surface area (Å²) < 4.78 is 18.8. The van der Waals surface area contributed by atoms with Crippen molar-refractivity contribution in [3.63, 3.8) is 0 Å². The maximum Gasteiger partial charge on any atom is 0.150 e. The summed E-state index contributed by atoms with van der Waals surface area (Å²) >= 11 is 0. The molecule has 1 aliphatic rings. The lowest BCUT2D eigenvalue weighted by atomic mass is 10.2. The number of halogens is 1. The van der Waals surface area contributed by atoms with Crippen LogP contribution in [0.15, 0.2) is 60.7 Å². The number of nitrogens with zero attached hydrogens (tertiary/aromatic N) is 1. The Balaban J connectivity index is 1.85. The predicted octanol–water partition coefficient (Wildman–Crippen LogP) is 4.38. The molecule has 102 valence electrons. The first-order valence-corrected chi connectivity index (χ1v) is 6.75. The Labute approximate surface area is 118 Å². The Morgan fingerprint density at radius 1 is 0.950 bits per heavy atom. The zero-order valence-corrected chi connectivity index (χ0v) is 11.1. The summed E-state index contributed by atoms with van der Waals surface area (Å²) in [5.41, 5.74) is 1.07. The van der Waals surface area contributed by atoms with Gasteiger partial charge in [0, 0.05) is 13.1 Å². The van der Waals surface area contributed by atoms with Crippen LogP contribution in [0.25, 0.3) is 0 Å². The average molecular weight is 269 g/mol. The third-order valence-electron chi connectivity index (χ3n) is 3.31. The van der Waals surface area contributed by atoms with Gasteiger partial charge in [-0.15, -0.1) is 0 Å². The van der Waals surface area contributed by atoms with Crippen LogP contribution in [-0.2, 0) is 0 Å². The van der Waals surface area contributed by atoms with E-state index in [1.54, 1.807) is 12.1 Å². The van der Waals surface area contributed by atoms with E-state index < -0.39 is 0 Å². The molecule has 1 heterocycles. The van der Waals surface area contributed by atoms with Crippen LogP contribution in [0, 0.1) is 5.82 Å². The summed E-state index contributed by atoms with van der Waals surface area (Å²) in [6.45, 7) is 1.88. The first kappa shape index (κ1) is 12.7. The summed E-state index contributed by atoms with van der Waals surface area (Å²) in [6, 6.07) is 14.0. The van der Waals surface area contributed by atoms with Crippen LogP contribution < -0.4 is 9.64 Å². The van der Waals surface area contributed by atoms with Crippen molar-refractivity contribution < 1.29 is 9.13 Å². The highest BCUT2D eigenvalue weighted by Gasteiger charge is 2.12. The van der Waals surface area contributed by atoms with E-state index in [1.165, 1.54) is 12.1 Å². The van der Waals surface area contributed by atoms with E-state index in [-0.39, 0.29) is 5.82 Å². The predicted molar refractivity (Wildman–Crippen MR) is 78.9 cm³/mol. The van der Waals surface area contributed by atoms with Gasteiger partial charge in [0.1, 0.15) is 11.6 Å². The Kier molecular flexibility index (Phi) is 3.68. The number of hydrogen-bond donors (Lipinski definition) is 0. The number of para-hydroxylation sites is 2. The molecule has 3 rings (SSSR count). The highest BCUT2D eigenvalue weighted by molar-refractivity contribution is 5.60. The molecule has 2 nitrogen and oxygen atoms in total. The summed E-state index contributed by atoms with van der Waals surface area (Å²) in [4.78, 5) is 2.28. The second-order valence-corrected chi connectivity index (χ2v) is 4.73. The number of rotatable bonds is 3. The standard InChI is InChI=1S/C17H16FNO/c18-14-8-10-15(11-9-14)20-17-7-3-2-6-16(17)19-12-4-1-5-13-19/h1-4,6-11H,5,12-13H2. The third kappa shape index (κ3) is 2.82. The van der Waals surface area contributed by atoms with Gasteiger partial charge in [0.25, 0.3) is 0 Å². The van der Waals surface area contributed by atoms with Gasteiger partial charge in [0.2, 0.25) is 0 Å². The van der Waals surface area contributed by atoms with E-state index in [4.69, 9.17) is 4.74 Å². The summed E-state index contributed by atoms with van der Waals surface area (Å²) in [6.07, 6.45) is 5.41. The quantitative estimate of drug-likeness (QED) is 0.766. The maximum absolute atomic E-state index is 12.9. The van der Waals surface area contributed by atoms with E-state index in [9.17, 15) is 4.39 Å². The fourth-order valence-corrected chi connectivity index (χ4v) is 2.29. The highest BCUT2D eigenvalue weighted by atomic mass is 19.1. The molecule has 3 heteroatoms. The van der Waals surface area contributed by atoms with E-state index in [2.05, 4.69) is 23.1 Å². The lowest BCUT2D eigenvalue weighted by Gasteiger charge is -2.27. The highest BCUT2D eigenvalue weighted by Crippen LogP contribution is 2.32. The molecule has 2 aromatic rings. The third-order valence-corrected chi connectivity index (χ3v) is 3.31. The van der Waals surface area contributed by atoms with Crippen LogP contribution in [0.5, 0.6) is 11.5 Å². The number of benzene rings is 2. The van der Waals surface area contributed by atoms with Gasteiger partial charge in [-0.2, -0.15) is 0 Å². The maximum atomic E-state index is 12.9. The van der Waals surface area contributed by atoms with E-state index in [1.807, 2.05) is 18.2 Å². The van der Waals surface area contributed by atoms with Crippen LogP contribution in [0.2, 0.25) is 0 Å². The minimum Gasteiger partial charge on any atom is -0.455 e. The van der Waals surface area contributed by atoms with Gasteiger partial charge in [-0.3, -0.25) is 0 Å². The van der Waals surface area contributed by atoms with Gasteiger partial charge in [-0.25, -0.2) is 4.39 Å². The van der Waals surface area contributed by atoms with Gasteiger partial charge in [0.15, 0.2) is 5.75 Å². The van der Waals surface area contributed by atoms with Crippen molar-refractivity contribution in [2.45, 2.75) is 6.42 Å². The Morgan fingerprint density at radius 2 is 1.75 bits per heavy atom. The molecule has 1 aliphatic heterocycles. The van der Waals surface area contributed by atoms with Gasteiger partial charge >= 0.3 is 0 Å². The van der Waals surface area contributed by atoms with Crippen molar-refractivity contribution in [3.8, 4) is 11.5 Å². The number of anilines is 1. The molecule has 0 aliphatic carbocycles. The van der Waals surface area contributed by atoms with Crippen molar-refractivity contribution in [1.29, 1.82) is 0 Å². The normalized spacial score (nSPS) is 14.3. The Hall–Kier alpha value is -2.29. The van der Waals surface area contributed by atoms with E-state index in [0.717, 1.165) is 30.9 Å². The van der Waals surface area contributed by atoms with Crippen molar-refractivity contribution in [3.05, 3.63) is 66.5 Å². The first-order chi connectivity index (χ1) is 9.83. The van der Waals surface area contributed by atoms with Crippen LogP contribution in [-0.4, -0.2) is 13.1 Å². The molecule has 20 heavy (non-hydrogen) atoms. The largest absolute Gasteiger partial charge is 0.455 e. The average Bonchev–Trinajstić information content (AvgIpc) is 2.51. The van der Waals surface area contributed by atoms with Crippen LogP contribution in [0.1, 0.15) is 6.42 Å². The minimum atomic E-state index is -0.258. The Bertz CT molecular complexity index is 607. The number of hydrogen-bond acceptors (Lipinski definition) is 2. The number of ether oxygens (including phenoxy) is 1. The van der Waals surface area contributed by atoms with Crippen molar-refractivity contribution >= 4 is 5.69 Å². The van der Waals surface area contributed by atoms with Crippen LogP contribution in [0.4, 0.5) is 10.1 Å². The van der Waals surface area contributed by atoms with Crippen molar-refractivity contribution in [2.24, 2.45) is 0 Å². The molecular weight excluding hydrogens is 253 g/mol. The van der Waals surface area contributed by atoms with Crippen molar-refractivity contribution in [2.75, 3.05) is 18.0 Å². The minimum absolute atomic E-state index is 0.258. The molecule has 0 amide bonds. The summed E-state index contributed by atoms with van der Waals surface area (Å²) in [5.74, 6) is 1.19. The molecular formula is C17H16FNO. The van der Waals surface area contributed by atoms with Gasteiger partial charge in [-0.1, -0.05) is 24.3 Å². The second kappa shape index (κ2) is 5.78. The fourth-order valence-electron chi connectivity index (χ4n) is 2.29. The summed E-state index contributed by atoms with van der Waals surface area (Å²) in [5, 5.41) is 0. The smallest absolute Gasteiger partial charge is 0.150 e. The lowest BCUT2D eigenvalue weighted by Crippen LogP contribution is -2.26. The molecule has 0 saturated heterocycles. The first-order valence-electron chi connectivity index (χ1n) is 6.75. The molecule has 0 saturated carbocycles. The zero-order chi connectivity index (χ0) is 13.8. The monoisotopic (exact) mass is 269 g/mol. The molecule has 0 atom stereocenters. The van der Waals surface area contributed by atoms with E-state index >= 15 is 0 Å². The second-order valence-electron chi connectivity index (χ2n) is 4.73. The van der Waals surface area contributed by atoms with Crippen molar-refractivity contribution in [1.82, 2.24) is 0 Å². The lowest BCUT2D eigenvalue weighted by molar-refractivity contribution is 0.479. The van der Waals surface area contributed by atoms with E-state index in [0.29, 0.717) is 5.75 Å². The zero-order valence-electron chi connectivity index (χ0n) is 11.1. The Morgan fingerprint density at radius 3 is 2.50 bits per heavy atom. The van der Waals surface area contributed by atoms with Gasteiger partial charge in [0.05, 0.1) is 5.69 Å². The van der Waals surface area contributed by atoms with Crippen LogP contribution in [0.3, 0.4) is 0 Å². The molecule has 0 radical (unpaired) electrons. The molecule has 2 aromatic carbocycles. The molecule has 0 spiro atoms. The molecule has 0 aromatic heterocycles. The van der Waals surface area contributed by atoms with Crippen LogP contribution >= 0.6 is 0 Å². The molecule has 0 unspecified atom stereocenters. The summed E-state index contributed by atoms with van der Waals surface area (Å²) in [7, 11) is 0. The topological polar surface area (TPSA) is 12.5 Å². The molecule has 0 N–H and O–H groups in total. The van der Waals surface area contributed by atoms with Gasteiger partial charge in [-0.05, 0) is 42.8 Å². The van der Waals surface area contributed by atoms with Gasteiger partial charge < -0.3 is 9.64 Å². The molecule has 0 fully saturated rings. The fraction of sp³-hybridized carbons (Fsp3) is 0.176. The molecule has 0 bridgehead atoms.